The van der Waals surface area contributed by atoms with Crippen molar-refractivity contribution in [2.24, 2.45) is 5.10 Å². The Morgan fingerprint density at radius 1 is 1.15 bits per heavy atom. The summed E-state index contributed by atoms with van der Waals surface area (Å²) in [5.74, 6) is 0.194. The Morgan fingerprint density at radius 3 is 2.56 bits per heavy atom. The second kappa shape index (κ2) is 9.76. The topological polar surface area (TPSA) is 109 Å². The van der Waals surface area contributed by atoms with Gasteiger partial charge in [0.25, 0.3) is 11.8 Å². The summed E-state index contributed by atoms with van der Waals surface area (Å²) >= 11 is 1.99. The average Bonchev–Trinajstić information content (AvgIpc) is 2.68. The molecule has 0 radical (unpaired) electrons. The van der Waals surface area contributed by atoms with Gasteiger partial charge in [-0.1, -0.05) is 0 Å². The minimum absolute atomic E-state index is 0.176. The number of aromatic hydroxyl groups is 1. The molecule has 0 fully saturated rings. The zero-order chi connectivity index (χ0) is 19.8. The van der Waals surface area contributed by atoms with Gasteiger partial charge in [-0.15, -0.1) is 0 Å². The Labute approximate surface area is 169 Å². The molecule has 0 spiro atoms. The molecule has 0 saturated carbocycles. The second-order valence-corrected chi connectivity index (χ2v) is 6.42. The first-order valence-electron chi connectivity index (χ1n) is 7.75. The first-order chi connectivity index (χ1) is 12.9. The lowest BCUT2D eigenvalue weighted by molar-refractivity contribution is -0.120. The number of hydrogen-bond donors (Lipinski definition) is 3. The van der Waals surface area contributed by atoms with Gasteiger partial charge in [-0.2, -0.15) is 5.10 Å². The molecule has 142 valence electrons. The molecule has 0 unspecified atom stereocenters. The van der Waals surface area contributed by atoms with E-state index in [0.29, 0.717) is 26.2 Å². The molecule has 2 aromatic rings. The number of nitrogens with one attached hydrogen (secondary N) is 2. The average molecular weight is 483 g/mol. The van der Waals surface area contributed by atoms with Crippen molar-refractivity contribution in [3.63, 3.8) is 0 Å². The van der Waals surface area contributed by atoms with Gasteiger partial charge in [-0.05, 0) is 64.6 Å². The predicted molar refractivity (Wildman–Crippen MR) is 108 cm³/mol. The van der Waals surface area contributed by atoms with Crippen LogP contribution in [0.2, 0.25) is 0 Å². The molecule has 3 N–H and O–H groups in total. The van der Waals surface area contributed by atoms with Crippen LogP contribution >= 0.6 is 22.6 Å². The highest BCUT2D eigenvalue weighted by molar-refractivity contribution is 14.1. The van der Waals surface area contributed by atoms with E-state index in [1.54, 1.807) is 24.3 Å². The zero-order valence-corrected chi connectivity index (χ0v) is 16.8. The number of hydrazone groups is 1. The maximum atomic E-state index is 12.1. The molecule has 9 heteroatoms. The van der Waals surface area contributed by atoms with Crippen LogP contribution in [0.5, 0.6) is 17.2 Å². The summed E-state index contributed by atoms with van der Waals surface area (Å²) in [6.07, 6.45) is 1.44. The van der Waals surface area contributed by atoms with Gasteiger partial charge in [0.15, 0.2) is 11.5 Å². The van der Waals surface area contributed by atoms with E-state index in [1.165, 1.54) is 32.6 Å². The SMILES string of the molecule is COc1ccc(C(=O)NCC(=O)N/N=C\c2ccc(O)c(I)c2)cc1OC. The van der Waals surface area contributed by atoms with E-state index in [1.807, 2.05) is 22.6 Å². The van der Waals surface area contributed by atoms with Crippen LogP contribution in [0.15, 0.2) is 41.5 Å². The molecule has 0 heterocycles. The van der Waals surface area contributed by atoms with Crippen molar-refractivity contribution in [2.75, 3.05) is 20.8 Å². The second-order valence-electron chi connectivity index (χ2n) is 5.26. The molecule has 2 aromatic carbocycles. The number of carbonyl (C=O) groups is 2. The number of ether oxygens (including phenoxy) is 2. The first-order valence-corrected chi connectivity index (χ1v) is 8.83. The monoisotopic (exact) mass is 483 g/mol. The summed E-state index contributed by atoms with van der Waals surface area (Å²) in [5, 5.41) is 15.8. The lowest BCUT2D eigenvalue weighted by Crippen LogP contribution is -2.34. The normalized spacial score (nSPS) is 10.5. The molecule has 0 saturated heterocycles. The highest BCUT2D eigenvalue weighted by Crippen LogP contribution is 2.27. The summed E-state index contributed by atoms with van der Waals surface area (Å²) in [6, 6.07) is 9.61. The number of halogens is 1. The van der Waals surface area contributed by atoms with E-state index in [0.717, 1.165) is 0 Å². The maximum Gasteiger partial charge on any atom is 0.259 e. The predicted octanol–water partition coefficient (Wildman–Crippen LogP) is 1.89. The Bertz CT molecular complexity index is 870. The number of phenols is 1. The molecule has 0 aliphatic carbocycles. The molecular formula is C18H18IN3O5. The minimum atomic E-state index is -0.478. The number of phenolic OH excluding ortho intramolecular Hbond substituents is 1. The van der Waals surface area contributed by atoms with Gasteiger partial charge in [-0.25, -0.2) is 5.43 Å². The van der Waals surface area contributed by atoms with Crippen molar-refractivity contribution in [1.29, 1.82) is 0 Å². The highest BCUT2D eigenvalue weighted by atomic mass is 127. The zero-order valence-electron chi connectivity index (χ0n) is 14.7. The molecule has 2 rings (SSSR count). The van der Waals surface area contributed by atoms with Crippen molar-refractivity contribution >= 4 is 40.6 Å². The Morgan fingerprint density at radius 2 is 1.89 bits per heavy atom. The number of methoxy groups -OCH3 is 2. The Kier molecular flexibility index (Phi) is 7.41. The molecule has 27 heavy (non-hydrogen) atoms. The Hall–Kier alpha value is -2.82. The molecule has 0 aliphatic heterocycles. The van der Waals surface area contributed by atoms with Crippen LogP contribution in [0.1, 0.15) is 15.9 Å². The molecular weight excluding hydrogens is 465 g/mol. The summed E-state index contributed by atoms with van der Waals surface area (Å²) in [7, 11) is 2.97. The summed E-state index contributed by atoms with van der Waals surface area (Å²) in [4.78, 5) is 23.9. The van der Waals surface area contributed by atoms with Crippen LogP contribution < -0.4 is 20.2 Å². The Balaban J connectivity index is 1.86. The van der Waals surface area contributed by atoms with Crippen LogP contribution in [-0.2, 0) is 4.79 Å². The van der Waals surface area contributed by atoms with Crippen molar-refractivity contribution in [2.45, 2.75) is 0 Å². The number of benzene rings is 2. The van der Waals surface area contributed by atoms with Crippen molar-refractivity contribution in [3.05, 3.63) is 51.1 Å². The maximum absolute atomic E-state index is 12.1. The quantitative estimate of drug-likeness (QED) is 0.317. The van der Waals surface area contributed by atoms with E-state index >= 15 is 0 Å². The minimum Gasteiger partial charge on any atom is -0.507 e. The number of rotatable bonds is 7. The van der Waals surface area contributed by atoms with Crippen LogP contribution in [0.3, 0.4) is 0 Å². The standard InChI is InChI=1S/C18H18IN3O5/c1-26-15-6-4-12(8-16(15)27-2)18(25)20-10-17(24)22-21-9-11-3-5-14(23)13(19)7-11/h3-9,23H,10H2,1-2H3,(H,20,25)(H,22,24)/b21-9-. The smallest absolute Gasteiger partial charge is 0.259 e. The summed E-state index contributed by atoms with van der Waals surface area (Å²) in [6.45, 7) is -0.238. The van der Waals surface area contributed by atoms with E-state index in [2.05, 4.69) is 15.8 Å². The van der Waals surface area contributed by atoms with Crippen LogP contribution in [0.25, 0.3) is 0 Å². The molecule has 0 aromatic heterocycles. The van der Waals surface area contributed by atoms with E-state index in [4.69, 9.17) is 9.47 Å². The van der Waals surface area contributed by atoms with Crippen molar-refractivity contribution in [1.82, 2.24) is 10.7 Å². The fourth-order valence-electron chi connectivity index (χ4n) is 2.06. The van der Waals surface area contributed by atoms with Crippen LogP contribution in [0, 0.1) is 3.57 Å². The molecule has 8 nitrogen and oxygen atoms in total. The molecule has 2 amide bonds. The van der Waals surface area contributed by atoms with Crippen molar-refractivity contribution < 1.29 is 24.2 Å². The third kappa shape index (κ3) is 5.84. The molecule has 0 atom stereocenters. The van der Waals surface area contributed by atoms with Gasteiger partial charge in [0.05, 0.1) is 30.5 Å². The summed E-state index contributed by atoms with van der Waals surface area (Å²) in [5.41, 5.74) is 3.37. The van der Waals surface area contributed by atoms with Crippen LogP contribution in [0.4, 0.5) is 0 Å². The number of amides is 2. The van der Waals surface area contributed by atoms with E-state index in [-0.39, 0.29) is 12.3 Å². The van der Waals surface area contributed by atoms with Gasteiger partial charge < -0.3 is 19.9 Å². The fraction of sp³-hybridized carbons (Fsp3) is 0.167. The lowest BCUT2D eigenvalue weighted by atomic mass is 10.2. The van der Waals surface area contributed by atoms with Gasteiger partial charge in [0.2, 0.25) is 0 Å². The largest absolute Gasteiger partial charge is 0.507 e. The number of nitrogens with zero attached hydrogens (tertiary/aromatic N) is 1. The third-order valence-corrected chi connectivity index (χ3v) is 4.29. The van der Waals surface area contributed by atoms with Gasteiger partial charge >= 0.3 is 0 Å². The molecule has 0 aliphatic rings. The highest BCUT2D eigenvalue weighted by Gasteiger charge is 2.11. The van der Waals surface area contributed by atoms with Gasteiger partial charge in [-0.3, -0.25) is 9.59 Å². The summed E-state index contributed by atoms with van der Waals surface area (Å²) < 4.78 is 10.9. The third-order valence-electron chi connectivity index (χ3n) is 3.43. The van der Waals surface area contributed by atoms with Gasteiger partial charge in [0, 0.05) is 5.56 Å². The number of hydrogen-bond acceptors (Lipinski definition) is 6. The fourth-order valence-corrected chi connectivity index (χ4v) is 2.60. The van der Waals surface area contributed by atoms with Crippen molar-refractivity contribution in [3.8, 4) is 17.2 Å². The lowest BCUT2D eigenvalue weighted by Gasteiger charge is -2.09. The van der Waals surface area contributed by atoms with E-state index in [9.17, 15) is 14.7 Å². The van der Waals surface area contributed by atoms with Gasteiger partial charge in [0.1, 0.15) is 5.75 Å². The molecule has 0 bridgehead atoms. The van der Waals surface area contributed by atoms with E-state index < -0.39 is 11.8 Å². The first kappa shape index (κ1) is 20.5. The van der Waals surface area contributed by atoms with Crippen LogP contribution in [-0.4, -0.2) is 43.9 Å². The number of carbonyl (C=O) groups excluding carboxylic acids is 2.